The Balaban J connectivity index is 1.54. The number of hydrogen-bond acceptors (Lipinski definition) is 4. The van der Waals surface area contributed by atoms with E-state index in [1.165, 1.54) is 16.7 Å². The van der Waals surface area contributed by atoms with Gasteiger partial charge in [-0.25, -0.2) is 0 Å². The third-order valence-corrected chi connectivity index (χ3v) is 5.13. The Labute approximate surface area is 148 Å². The summed E-state index contributed by atoms with van der Waals surface area (Å²) in [5.74, 6) is 0.0176. The molecule has 3 heterocycles. The molecule has 0 aliphatic carbocycles. The number of morpholine rings is 1. The summed E-state index contributed by atoms with van der Waals surface area (Å²) in [5.41, 5.74) is 5.48. The Bertz CT molecular complexity index is 784. The van der Waals surface area contributed by atoms with Crippen LogP contribution in [-0.2, 0) is 17.7 Å². The molecule has 2 aliphatic rings. The Morgan fingerprint density at radius 1 is 1.16 bits per heavy atom. The van der Waals surface area contributed by atoms with Crippen molar-refractivity contribution in [3.63, 3.8) is 0 Å². The van der Waals surface area contributed by atoms with Crippen LogP contribution in [0.3, 0.4) is 0 Å². The van der Waals surface area contributed by atoms with Crippen molar-refractivity contribution in [3.8, 4) is 0 Å². The minimum atomic E-state index is 0.0176. The first-order valence-electron chi connectivity index (χ1n) is 8.88. The van der Waals surface area contributed by atoms with E-state index in [-0.39, 0.29) is 5.91 Å². The SMILES string of the molecule is Cc1cccc2c1CN(C(=O)c1cc(N3CCOCC3)ccn1)CC2. The van der Waals surface area contributed by atoms with E-state index in [2.05, 4.69) is 35.0 Å². The van der Waals surface area contributed by atoms with Crippen LogP contribution < -0.4 is 4.90 Å². The van der Waals surface area contributed by atoms with E-state index in [4.69, 9.17) is 4.74 Å². The van der Waals surface area contributed by atoms with E-state index in [0.717, 1.165) is 45.0 Å². The first-order valence-corrected chi connectivity index (χ1v) is 8.88. The molecule has 1 aromatic heterocycles. The van der Waals surface area contributed by atoms with E-state index < -0.39 is 0 Å². The molecule has 130 valence electrons. The lowest BCUT2D eigenvalue weighted by atomic mass is 9.95. The molecule has 1 aromatic carbocycles. The van der Waals surface area contributed by atoms with Gasteiger partial charge in [-0.05, 0) is 42.2 Å². The second-order valence-corrected chi connectivity index (χ2v) is 6.69. The highest BCUT2D eigenvalue weighted by atomic mass is 16.5. The van der Waals surface area contributed by atoms with Crippen molar-refractivity contribution in [1.29, 1.82) is 0 Å². The first kappa shape index (κ1) is 16.1. The quantitative estimate of drug-likeness (QED) is 0.844. The highest BCUT2D eigenvalue weighted by molar-refractivity contribution is 5.93. The number of anilines is 1. The molecule has 0 radical (unpaired) electrons. The van der Waals surface area contributed by atoms with E-state index in [0.29, 0.717) is 12.2 Å². The lowest BCUT2D eigenvalue weighted by Crippen LogP contribution is -2.38. The number of carbonyl (C=O) groups is 1. The molecule has 0 spiro atoms. The molecule has 4 rings (SSSR count). The number of nitrogens with zero attached hydrogens (tertiary/aromatic N) is 3. The number of pyridine rings is 1. The third-order valence-electron chi connectivity index (χ3n) is 5.13. The number of hydrogen-bond donors (Lipinski definition) is 0. The van der Waals surface area contributed by atoms with E-state index >= 15 is 0 Å². The average Bonchev–Trinajstić information content (AvgIpc) is 2.68. The van der Waals surface area contributed by atoms with E-state index in [1.807, 2.05) is 17.0 Å². The van der Waals surface area contributed by atoms with Crippen LogP contribution in [-0.4, -0.2) is 48.6 Å². The summed E-state index contributed by atoms with van der Waals surface area (Å²) in [7, 11) is 0. The minimum absolute atomic E-state index is 0.0176. The third kappa shape index (κ3) is 3.24. The molecule has 0 atom stereocenters. The van der Waals surface area contributed by atoms with Gasteiger partial charge < -0.3 is 14.5 Å². The maximum Gasteiger partial charge on any atom is 0.272 e. The Morgan fingerprint density at radius 2 is 2.00 bits per heavy atom. The van der Waals surface area contributed by atoms with Crippen LogP contribution in [0.2, 0.25) is 0 Å². The second-order valence-electron chi connectivity index (χ2n) is 6.69. The van der Waals surface area contributed by atoms with Crippen LogP contribution >= 0.6 is 0 Å². The second kappa shape index (κ2) is 6.84. The highest BCUT2D eigenvalue weighted by Crippen LogP contribution is 2.24. The van der Waals surface area contributed by atoms with Gasteiger partial charge in [0.05, 0.1) is 13.2 Å². The molecule has 1 saturated heterocycles. The number of carbonyl (C=O) groups excluding carboxylic acids is 1. The van der Waals surface area contributed by atoms with Crippen LogP contribution in [0.15, 0.2) is 36.5 Å². The zero-order valence-electron chi connectivity index (χ0n) is 14.6. The molecule has 1 amide bonds. The molecule has 2 aromatic rings. The predicted octanol–water partition coefficient (Wildman–Crippen LogP) is 2.43. The lowest BCUT2D eigenvalue weighted by Gasteiger charge is -2.31. The van der Waals surface area contributed by atoms with Gasteiger partial charge in [0.25, 0.3) is 5.91 Å². The lowest BCUT2D eigenvalue weighted by molar-refractivity contribution is 0.0728. The fourth-order valence-corrected chi connectivity index (χ4v) is 3.64. The molecule has 0 bridgehead atoms. The zero-order chi connectivity index (χ0) is 17.2. The highest BCUT2D eigenvalue weighted by Gasteiger charge is 2.24. The maximum absolute atomic E-state index is 13.0. The fraction of sp³-hybridized carbons (Fsp3) is 0.400. The van der Waals surface area contributed by atoms with Crippen molar-refractivity contribution in [2.24, 2.45) is 0 Å². The first-order chi connectivity index (χ1) is 12.2. The van der Waals surface area contributed by atoms with Crippen molar-refractivity contribution < 1.29 is 9.53 Å². The van der Waals surface area contributed by atoms with Crippen molar-refractivity contribution >= 4 is 11.6 Å². The van der Waals surface area contributed by atoms with Gasteiger partial charge in [-0.3, -0.25) is 9.78 Å². The van der Waals surface area contributed by atoms with Gasteiger partial charge in [0.1, 0.15) is 5.69 Å². The number of amides is 1. The molecule has 0 saturated carbocycles. The van der Waals surface area contributed by atoms with Crippen LogP contribution in [0.25, 0.3) is 0 Å². The summed E-state index contributed by atoms with van der Waals surface area (Å²) in [6.07, 6.45) is 2.65. The Kier molecular flexibility index (Phi) is 4.40. The largest absolute Gasteiger partial charge is 0.378 e. The molecule has 2 aliphatic heterocycles. The molecule has 0 unspecified atom stereocenters. The van der Waals surface area contributed by atoms with Crippen molar-refractivity contribution in [2.45, 2.75) is 19.9 Å². The minimum Gasteiger partial charge on any atom is -0.378 e. The summed E-state index contributed by atoms with van der Waals surface area (Å²) in [4.78, 5) is 21.5. The molecular formula is C20H23N3O2. The standard InChI is InChI=1S/C20H23N3O2/c1-15-3-2-4-16-6-8-23(14-18(15)16)20(24)19-13-17(5-7-21-19)22-9-11-25-12-10-22/h2-5,7,13H,6,8-12,14H2,1H3. The van der Waals surface area contributed by atoms with Crippen LogP contribution in [0.1, 0.15) is 27.2 Å². The summed E-state index contributed by atoms with van der Waals surface area (Å²) < 4.78 is 5.41. The number of ether oxygens (including phenoxy) is 1. The van der Waals surface area contributed by atoms with Gasteiger partial charge in [0.15, 0.2) is 0 Å². The van der Waals surface area contributed by atoms with Crippen LogP contribution in [0.5, 0.6) is 0 Å². The average molecular weight is 337 g/mol. The van der Waals surface area contributed by atoms with Gasteiger partial charge in [-0.2, -0.15) is 0 Å². The molecule has 25 heavy (non-hydrogen) atoms. The summed E-state index contributed by atoms with van der Waals surface area (Å²) in [6, 6.07) is 10.3. The smallest absolute Gasteiger partial charge is 0.272 e. The van der Waals surface area contributed by atoms with Gasteiger partial charge in [0.2, 0.25) is 0 Å². The fourth-order valence-electron chi connectivity index (χ4n) is 3.64. The van der Waals surface area contributed by atoms with Gasteiger partial charge in [-0.1, -0.05) is 18.2 Å². The molecular weight excluding hydrogens is 314 g/mol. The number of fused-ring (bicyclic) bond motifs is 1. The predicted molar refractivity (Wildman–Crippen MR) is 96.9 cm³/mol. The Hall–Kier alpha value is -2.40. The molecule has 5 nitrogen and oxygen atoms in total. The number of aryl methyl sites for hydroxylation is 1. The summed E-state index contributed by atoms with van der Waals surface area (Å²) in [6.45, 7) is 6.70. The zero-order valence-corrected chi connectivity index (χ0v) is 14.6. The summed E-state index contributed by atoms with van der Waals surface area (Å²) >= 11 is 0. The summed E-state index contributed by atoms with van der Waals surface area (Å²) in [5, 5.41) is 0. The van der Waals surface area contributed by atoms with Crippen molar-refractivity contribution in [2.75, 3.05) is 37.7 Å². The van der Waals surface area contributed by atoms with E-state index in [1.54, 1.807) is 6.20 Å². The van der Waals surface area contributed by atoms with Crippen molar-refractivity contribution in [1.82, 2.24) is 9.88 Å². The van der Waals surface area contributed by atoms with Crippen molar-refractivity contribution in [3.05, 3.63) is 58.9 Å². The Morgan fingerprint density at radius 3 is 2.84 bits per heavy atom. The molecule has 5 heteroatoms. The maximum atomic E-state index is 13.0. The number of rotatable bonds is 2. The van der Waals surface area contributed by atoms with Crippen LogP contribution in [0.4, 0.5) is 5.69 Å². The normalized spacial score (nSPS) is 17.3. The monoisotopic (exact) mass is 337 g/mol. The molecule has 1 fully saturated rings. The van der Waals surface area contributed by atoms with Gasteiger partial charge >= 0.3 is 0 Å². The van der Waals surface area contributed by atoms with Gasteiger partial charge in [-0.15, -0.1) is 0 Å². The van der Waals surface area contributed by atoms with Crippen LogP contribution in [0, 0.1) is 6.92 Å². The number of benzene rings is 1. The molecule has 0 N–H and O–H groups in total. The van der Waals surface area contributed by atoms with E-state index in [9.17, 15) is 4.79 Å². The van der Waals surface area contributed by atoms with Gasteiger partial charge in [0, 0.05) is 38.1 Å². The topological polar surface area (TPSA) is 45.7 Å². The number of aromatic nitrogens is 1.